The van der Waals surface area contributed by atoms with Crippen molar-refractivity contribution in [2.24, 2.45) is 0 Å². The monoisotopic (exact) mass is 261 g/mol. The number of hydrogen-bond acceptors (Lipinski definition) is 3. The highest BCUT2D eigenvalue weighted by Crippen LogP contribution is 2.32. The van der Waals surface area contributed by atoms with Gasteiger partial charge in [-0.2, -0.15) is 0 Å². The number of piperidine rings is 1. The molecule has 2 aliphatic heterocycles. The molecule has 3 nitrogen and oxygen atoms in total. The zero-order chi connectivity index (χ0) is 12.9. The minimum absolute atomic E-state index is 0.325. The van der Waals surface area contributed by atoms with Gasteiger partial charge in [0.2, 0.25) is 0 Å². The quantitative estimate of drug-likeness (QED) is 0.907. The molecule has 0 radical (unpaired) electrons. The summed E-state index contributed by atoms with van der Waals surface area (Å²) in [5.74, 6) is 1.69. The van der Waals surface area contributed by atoms with Crippen molar-refractivity contribution in [1.82, 2.24) is 5.32 Å². The summed E-state index contributed by atoms with van der Waals surface area (Å²) in [5, 5.41) is 3.49. The first-order valence-electron chi connectivity index (χ1n) is 7.47. The Balaban J connectivity index is 1.72. The lowest BCUT2D eigenvalue weighted by atomic mass is 9.91. The molecule has 1 aromatic rings. The topological polar surface area (TPSA) is 30.5 Å². The maximum absolute atomic E-state index is 6.23. The van der Waals surface area contributed by atoms with Crippen LogP contribution < -0.4 is 10.1 Å². The Kier molecular flexibility index (Phi) is 4.36. The van der Waals surface area contributed by atoms with E-state index in [2.05, 4.69) is 29.6 Å². The van der Waals surface area contributed by atoms with Gasteiger partial charge in [-0.05, 0) is 31.0 Å². The number of nitrogens with one attached hydrogen (secondary N) is 1. The number of rotatable bonds is 3. The molecule has 0 aromatic heterocycles. The molecule has 0 saturated carbocycles. The van der Waals surface area contributed by atoms with Crippen molar-refractivity contribution in [2.45, 2.75) is 37.7 Å². The molecule has 3 rings (SSSR count). The van der Waals surface area contributed by atoms with Crippen LogP contribution in [0.1, 0.15) is 37.2 Å². The summed E-state index contributed by atoms with van der Waals surface area (Å²) in [6.45, 7) is 3.89. The van der Waals surface area contributed by atoms with Crippen LogP contribution in [0.2, 0.25) is 0 Å². The molecule has 3 heteroatoms. The van der Waals surface area contributed by atoms with Crippen LogP contribution in [0.25, 0.3) is 0 Å². The average molecular weight is 261 g/mol. The summed E-state index contributed by atoms with van der Waals surface area (Å²) in [6.07, 6.45) is 4.87. The van der Waals surface area contributed by atoms with Gasteiger partial charge in [0.05, 0.1) is 13.2 Å². The number of ether oxygens (including phenoxy) is 2. The Morgan fingerprint density at radius 1 is 1.11 bits per heavy atom. The molecule has 2 heterocycles. The van der Waals surface area contributed by atoms with Crippen LogP contribution in [0.3, 0.4) is 0 Å². The number of benzene rings is 1. The molecule has 1 N–H and O–H groups in total. The van der Waals surface area contributed by atoms with Crippen LogP contribution in [0.15, 0.2) is 24.3 Å². The Labute approximate surface area is 115 Å². The van der Waals surface area contributed by atoms with Crippen molar-refractivity contribution in [3.63, 3.8) is 0 Å². The molecular formula is C16H23NO2. The highest BCUT2D eigenvalue weighted by Gasteiger charge is 2.21. The van der Waals surface area contributed by atoms with Crippen molar-refractivity contribution >= 4 is 0 Å². The molecule has 0 spiro atoms. The third kappa shape index (κ3) is 3.28. The zero-order valence-electron chi connectivity index (χ0n) is 11.4. The van der Waals surface area contributed by atoms with E-state index in [-0.39, 0.29) is 0 Å². The fourth-order valence-electron chi connectivity index (χ4n) is 3.02. The summed E-state index contributed by atoms with van der Waals surface area (Å²) in [4.78, 5) is 0. The minimum Gasteiger partial charge on any atom is -0.490 e. The minimum atomic E-state index is 0.325. The SMILES string of the molecule is c1ccc(C2CCCNC2)c(OC2CCOCC2)c1. The lowest BCUT2D eigenvalue weighted by molar-refractivity contribution is 0.0250. The van der Waals surface area contributed by atoms with E-state index in [0.717, 1.165) is 44.9 Å². The Morgan fingerprint density at radius 2 is 1.95 bits per heavy atom. The van der Waals surface area contributed by atoms with E-state index in [1.54, 1.807) is 0 Å². The summed E-state index contributed by atoms with van der Waals surface area (Å²) in [6, 6.07) is 8.56. The van der Waals surface area contributed by atoms with E-state index in [0.29, 0.717) is 12.0 Å². The van der Waals surface area contributed by atoms with E-state index in [9.17, 15) is 0 Å². The predicted octanol–water partition coefficient (Wildman–Crippen LogP) is 2.71. The maximum atomic E-state index is 6.23. The number of hydrogen-bond donors (Lipinski definition) is 1. The first kappa shape index (κ1) is 12.9. The highest BCUT2D eigenvalue weighted by atomic mass is 16.5. The van der Waals surface area contributed by atoms with E-state index >= 15 is 0 Å². The van der Waals surface area contributed by atoms with Crippen LogP contribution >= 0.6 is 0 Å². The Morgan fingerprint density at radius 3 is 2.74 bits per heavy atom. The van der Waals surface area contributed by atoms with Gasteiger partial charge >= 0.3 is 0 Å². The molecule has 1 unspecified atom stereocenters. The third-order valence-electron chi connectivity index (χ3n) is 4.12. The molecular weight excluding hydrogens is 238 g/mol. The van der Waals surface area contributed by atoms with E-state index in [1.807, 2.05) is 0 Å². The fraction of sp³-hybridized carbons (Fsp3) is 0.625. The molecule has 1 aromatic carbocycles. The Hall–Kier alpha value is -1.06. The van der Waals surface area contributed by atoms with Crippen molar-refractivity contribution in [1.29, 1.82) is 0 Å². The van der Waals surface area contributed by atoms with E-state index in [1.165, 1.54) is 18.4 Å². The molecule has 1 atom stereocenters. The van der Waals surface area contributed by atoms with Gasteiger partial charge in [-0.25, -0.2) is 0 Å². The smallest absolute Gasteiger partial charge is 0.123 e. The molecule has 2 fully saturated rings. The maximum Gasteiger partial charge on any atom is 0.123 e. The van der Waals surface area contributed by atoms with E-state index in [4.69, 9.17) is 9.47 Å². The van der Waals surface area contributed by atoms with Gasteiger partial charge in [0.15, 0.2) is 0 Å². The molecule has 2 saturated heterocycles. The largest absolute Gasteiger partial charge is 0.490 e. The standard InChI is InChI=1S/C16H23NO2/c1-2-6-16(19-14-7-10-18-11-8-14)15(5-1)13-4-3-9-17-12-13/h1-2,5-6,13-14,17H,3-4,7-12H2. The predicted molar refractivity (Wildman–Crippen MR) is 75.8 cm³/mol. The van der Waals surface area contributed by atoms with Crippen LogP contribution in [0, 0.1) is 0 Å². The summed E-state index contributed by atoms with van der Waals surface area (Å²) in [5.41, 5.74) is 1.38. The van der Waals surface area contributed by atoms with Crippen LogP contribution in [0.4, 0.5) is 0 Å². The molecule has 2 aliphatic rings. The van der Waals surface area contributed by atoms with Gasteiger partial charge < -0.3 is 14.8 Å². The second-order valence-electron chi connectivity index (χ2n) is 5.51. The summed E-state index contributed by atoms with van der Waals surface area (Å²) < 4.78 is 11.6. The van der Waals surface area contributed by atoms with Gasteiger partial charge in [-0.15, -0.1) is 0 Å². The number of para-hydroxylation sites is 1. The molecule has 0 bridgehead atoms. The lowest BCUT2D eigenvalue weighted by Gasteiger charge is -2.28. The van der Waals surface area contributed by atoms with Crippen LogP contribution in [-0.4, -0.2) is 32.4 Å². The van der Waals surface area contributed by atoms with Gasteiger partial charge in [-0.3, -0.25) is 0 Å². The Bertz CT molecular complexity index is 395. The third-order valence-corrected chi connectivity index (χ3v) is 4.12. The fourth-order valence-corrected chi connectivity index (χ4v) is 3.02. The highest BCUT2D eigenvalue weighted by molar-refractivity contribution is 5.37. The molecule has 0 amide bonds. The first-order chi connectivity index (χ1) is 9.43. The normalized spacial score (nSPS) is 25.2. The zero-order valence-corrected chi connectivity index (χ0v) is 11.4. The van der Waals surface area contributed by atoms with Crippen molar-refractivity contribution < 1.29 is 9.47 Å². The van der Waals surface area contributed by atoms with Gasteiger partial charge in [0.1, 0.15) is 11.9 Å². The van der Waals surface area contributed by atoms with Crippen molar-refractivity contribution in [3.8, 4) is 5.75 Å². The molecule has 19 heavy (non-hydrogen) atoms. The second kappa shape index (κ2) is 6.40. The van der Waals surface area contributed by atoms with Crippen molar-refractivity contribution in [2.75, 3.05) is 26.3 Å². The molecule has 104 valence electrons. The first-order valence-corrected chi connectivity index (χ1v) is 7.47. The average Bonchev–Trinajstić information content (AvgIpc) is 2.50. The van der Waals surface area contributed by atoms with Crippen LogP contribution in [0.5, 0.6) is 5.75 Å². The summed E-state index contributed by atoms with van der Waals surface area (Å²) >= 11 is 0. The summed E-state index contributed by atoms with van der Waals surface area (Å²) in [7, 11) is 0. The second-order valence-corrected chi connectivity index (χ2v) is 5.51. The van der Waals surface area contributed by atoms with Crippen molar-refractivity contribution in [3.05, 3.63) is 29.8 Å². The van der Waals surface area contributed by atoms with Gasteiger partial charge in [-0.1, -0.05) is 18.2 Å². The van der Waals surface area contributed by atoms with Gasteiger partial charge in [0.25, 0.3) is 0 Å². The van der Waals surface area contributed by atoms with E-state index < -0.39 is 0 Å². The van der Waals surface area contributed by atoms with Crippen LogP contribution in [-0.2, 0) is 4.74 Å². The lowest BCUT2D eigenvalue weighted by Crippen LogP contribution is -2.30. The molecule has 0 aliphatic carbocycles. The van der Waals surface area contributed by atoms with Gasteiger partial charge in [0, 0.05) is 25.3 Å².